The van der Waals surface area contributed by atoms with Gasteiger partial charge < -0.3 is 21.5 Å². The van der Waals surface area contributed by atoms with E-state index < -0.39 is 17.9 Å². The Bertz CT molecular complexity index is 354. The van der Waals surface area contributed by atoms with E-state index in [1.807, 2.05) is 0 Å². The van der Waals surface area contributed by atoms with E-state index in [4.69, 9.17) is 10.8 Å². The average molecular weight is 285 g/mol. The van der Waals surface area contributed by atoms with E-state index in [-0.39, 0.29) is 18.7 Å². The molecule has 114 valence electrons. The Morgan fingerprint density at radius 1 is 1.35 bits per heavy atom. The molecule has 0 radical (unpaired) electrons. The molecule has 1 fully saturated rings. The molecular formula is C13H23N3O4. The predicted molar refractivity (Wildman–Crippen MR) is 72.8 cm³/mol. The van der Waals surface area contributed by atoms with E-state index in [1.54, 1.807) is 0 Å². The molecule has 1 heterocycles. The summed E-state index contributed by atoms with van der Waals surface area (Å²) in [4.78, 5) is 33.4. The van der Waals surface area contributed by atoms with Crippen molar-refractivity contribution in [1.82, 2.24) is 10.6 Å². The quantitative estimate of drug-likeness (QED) is 0.483. The van der Waals surface area contributed by atoms with Crippen molar-refractivity contribution in [3.63, 3.8) is 0 Å². The van der Waals surface area contributed by atoms with Crippen LogP contribution in [0, 0.1) is 5.92 Å². The largest absolute Gasteiger partial charge is 0.480 e. The van der Waals surface area contributed by atoms with Crippen LogP contribution in [-0.2, 0) is 14.4 Å². The summed E-state index contributed by atoms with van der Waals surface area (Å²) in [6, 6.07) is -1.04. The first-order valence-electron chi connectivity index (χ1n) is 7.00. The molecule has 1 aliphatic rings. The lowest BCUT2D eigenvalue weighted by Crippen LogP contribution is -2.41. The van der Waals surface area contributed by atoms with Crippen molar-refractivity contribution in [3.05, 3.63) is 0 Å². The van der Waals surface area contributed by atoms with E-state index in [1.165, 1.54) is 0 Å². The molecule has 2 unspecified atom stereocenters. The van der Waals surface area contributed by atoms with Crippen LogP contribution in [0.25, 0.3) is 0 Å². The second-order valence-corrected chi connectivity index (χ2v) is 5.21. The van der Waals surface area contributed by atoms with E-state index in [9.17, 15) is 14.4 Å². The summed E-state index contributed by atoms with van der Waals surface area (Å²) in [6.07, 6.45) is 3.26. The summed E-state index contributed by atoms with van der Waals surface area (Å²) in [5.41, 5.74) is 4.98. The molecule has 20 heavy (non-hydrogen) atoms. The molecule has 1 saturated heterocycles. The lowest BCUT2D eigenvalue weighted by atomic mass is 9.94. The van der Waals surface area contributed by atoms with Gasteiger partial charge in [0.05, 0.1) is 0 Å². The first-order valence-corrected chi connectivity index (χ1v) is 7.00. The summed E-state index contributed by atoms with van der Waals surface area (Å²) < 4.78 is 0. The van der Waals surface area contributed by atoms with Gasteiger partial charge in [0.25, 0.3) is 0 Å². The minimum absolute atomic E-state index is 0.0292. The standard InChI is InChI=1S/C13H23N3O4/c14-11(17)5-4-10(13(19)20)16-12(18)6-3-9-2-1-7-15-8-9/h9-10,15H,1-8H2,(H2,14,17)(H,16,18)(H,19,20). The summed E-state index contributed by atoms with van der Waals surface area (Å²) in [5.74, 6) is -1.52. The monoisotopic (exact) mass is 285 g/mol. The van der Waals surface area contributed by atoms with Crippen molar-refractivity contribution in [1.29, 1.82) is 0 Å². The normalized spacial score (nSPS) is 20.1. The number of carboxylic acids is 1. The van der Waals surface area contributed by atoms with Gasteiger partial charge in [-0.2, -0.15) is 0 Å². The molecule has 5 N–H and O–H groups in total. The van der Waals surface area contributed by atoms with Gasteiger partial charge >= 0.3 is 5.97 Å². The lowest BCUT2D eigenvalue weighted by molar-refractivity contribution is -0.142. The number of carbonyl (C=O) groups excluding carboxylic acids is 2. The molecule has 0 saturated carbocycles. The van der Waals surface area contributed by atoms with Gasteiger partial charge in [0.1, 0.15) is 6.04 Å². The third-order valence-corrected chi connectivity index (χ3v) is 3.49. The van der Waals surface area contributed by atoms with Crippen LogP contribution in [0.1, 0.15) is 38.5 Å². The molecule has 1 aliphatic heterocycles. The highest BCUT2D eigenvalue weighted by Gasteiger charge is 2.21. The fraction of sp³-hybridized carbons (Fsp3) is 0.769. The maximum absolute atomic E-state index is 11.7. The minimum Gasteiger partial charge on any atom is -0.480 e. The van der Waals surface area contributed by atoms with Gasteiger partial charge in [-0.3, -0.25) is 9.59 Å². The first kappa shape index (κ1) is 16.4. The number of carboxylic acid groups (broad SMARTS) is 1. The maximum Gasteiger partial charge on any atom is 0.326 e. The van der Waals surface area contributed by atoms with Crippen LogP contribution in [0.4, 0.5) is 0 Å². The molecule has 0 aromatic heterocycles. The Morgan fingerprint density at radius 3 is 2.65 bits per heavy atom. The van der Waals surface area contributed by atoms with Crippen LogP contribution in [-0.4, -0.2) is 42.0 Å². The van der Waals surface area contributed by atoms with Gasteiger partial charge in [-0.1, -0.05) is 0 Å². The topological polar surface area (TPSA) is 122 Å². The molecule has 0 aromatic carbocycles. The third-order valence-electron chi connectivity index (χ3n) is 3.49. The van der Waals surface area contributed by atoms with Gasteiger partial charge in [-0.05, 0) is 44.7 Å². The molecule has 0 spiro atoms. The molecule has 0 bridgehead atoms. The smallest absolute Gasteiger partial charge is 0.326 e. The van der Waals surface area contributed by atoms with Crippen molar-refractivity contribution in [3.8, 4) is 0 Å². The minimum atomic E-state index is -1.14. The first-order chi connectivity index (χ1) is 9.49. The van der Waals surface area contributed by atoms with E-state index in [2.05, 4.69) is 10.6 Å². The Labute approximate surface area is 118 Å². The van der Waals surface area contributed by atoms with Gasteiger partial charge in [0, 0.05) is 12.8 Å². The van der Waals surface area contributed by atoms with Crippen LogP contribution in [0.2, 0.25) is 0 Å². The van der Waals surface area contributed by atoms with Crippen LogP contribution in [0.15, 0.2) is 0 Å². The third kappa shape index (κ3) is 6.51. The molecule has 0 aliphatic carbocycles. The molecule has 1 rings (SSSR count). The number of piperidine rings is 1. The Balaban J connectivity index is 2.29. The van der Waals surface area contributed by atoms with Crippen molar-refractivity contribution in [2.24, 2.45) is 11.7 Å². The molecular weight excluding hydrogens is 262 g/mol. The maximum atomic E-state index is 11.7. The predicted octanol–water partition coefficient (Wildman–Crippen LogP) is -0.399. The number of primary amides is 1. The fourth-order valence-corrected chi connectivity index (χ4v) is 2.32. The molecule has 0 aromatic rings. The van der Waals surface area contributed by atoms with E-state index in [0.29, 0.717) is 12.3 Å². The van der Waals surface area contributed by atoms with Gasteiger partial charge in [-0.25, -0.2) is 4.79 Å². The van der Waals surface area contributed by atoms with Gasteiger partial charge in [0.2, 0.25) is 11.8 Å². The lowest BCUT2D eigenvalue weighted by Gasteiger charge is -2.22. The number of aliphatic carboxylic acids is 1. The summed E-state index contributed by atoms with van der Waals surface area (Å²) >= 11 is 0. The number of nitrogens with two attached hydrogens (primary N) is 1. The number of hydrogen-bond acceptors (Lipinski definition) is 4. The highest BCUT2D eigenvalue weighted by atomic mass is 16.4. The van der Waals surface area contributed by atoms with Crippen LogP contribution < -0.4 is 16.4 Å². The molecule has 7 nitrogen and oxygen atoms in total. The summed E-state index contributed by atoms with van der Waals surface area (Å²) in [7, 11) is 0. The highest BCUT2D eigenvalue weighted by molar-refractivity contribution is 5.84. The Kier molecular flexibility index (Phi) is 7.00. The molecule has 2 amide bonds. The molecule has 2 atom stereocenters. The van der Waals surface area contributed by atoms with Gasteiger partial charge in [-0.15, -0.1) is 0 Å². The SMILES string of the molecule is NC(=O)CCC(NC(=O)CCC1CCCNC1)C(=O)O. The number of carbonyl (C=O) groups is 3. The van der Waals surface area contributed by atoms with Crippen LogP contribution in [0.5, 0.6) is 0 Å². The van der Waals surface area contributed by atoms with E-state index in [0.717, 1.165) is 32.4 Å². The average Bonchev–Trinajstić information content (AvgIpc) is 2.41. The highest BCUT2D eigenvalue weighted by Crippen LogP contribution is 2.15. The zero-order valence-electron chi connectivity index (χ0n) is 11.6. The van der Waals surface area contributed by atoms with Gasteiger partial charge in [0.15, 0.2) is 0 Å². The van der Waals surface area contributed by atoms with Crippen LogP contribution in [0.3, 0.4) is 0 Å². The second kappa shape index (κ2) is 8.52. The zero-order valence-corrected chi connectivity index (χ0v) is 11.6. The Morgan fingerprint density at radius 2 is 2.10 bits per heavy atom. The van der Waals surface area contributed by atoms with Crippen LogP contribution >= 0.6 is 0 Å². The second-order valence-electron chi connectivity index (χ2n) is 5.21. The molecule has 7 heteroatoms. The van der Waals surface area contributed by atoms with Crippen molar-refractivity contribution in [2.75, 3.05) is 13.1 Å². The zero-order chi connectivity index (χ0) is 15.0. The summed E-state index contributed by atoms with van der Waals surface area (Å²) in [5, 5.41) is 14.7. The number of rotatable bonds is 8. The number of nitrogens with one attached hydrogen (secondary N) is 2. The van der Waals surface area contributed by atoms with Crippen molar-refractivity contribution < 1.29 is 19.5 Å². The fourth-order valence-electron chi connectivity index (χ4n) is 2.32. The number of amides is 2. The summed E-state index contributed by atoms with van der Waals surface area (Å²) in [6.45, 7) is 1.94. The van der Waals surface area contributed by atoms with Crippen molar-refractivity contribution >= 4 is 17.8 Å². The number of hydrogen-bond donors (Lipinski definition) is 4. The van der Waals surface area contributed by atoms with E-state index >= 15 is 0 Å². The van der Waals surface area contributed by atoms with Crippen molar-refractivity contribution in [2.45, 2.75) is 44.6 Å². The Hall–Kier alpha value is -1.63.